The van der Waals surface area contributed by atoms with Crippen molar-refractivity contribution in [2.45, 2.75) is 32.1 Å². The van der Waals surface area contributed by atoms with Gasteiger partial charge in [0.1, 0.15) is 5.69 Å². The molecule has 3 nitrogen and oxygen atoms in total. The topological polar surface area (TPSA) is 42.9 Å². The van der Waals surface area contributed by atoms with Crippen molar-refractivity contribution in [3.63, 3.8) is 0 Å². The Morgan fingerprint density at radius 1 is 1.26 bits per heavy atom. The number of ketones is 1. The average molecular weight is 252 g/mol. The summed E-state index contributed by atoms with van der Waals surface area (Å²) in [6.45, 7) is 2.05. The van der Waals surface area contributed by atoms with E-state index in [2.05, 4.69) is 23.0 Å². The van der Waals surface area contributed by atoms with Crippen molar-refractivity contribution >= 4 is 5.78 Å². The van der Waals surface area contributed by atoms with Crippen LogP contribution in [0.4, 0.5) is 0 Å². The van der Waals surface area contributed by atoms with Gasteiger partial charge >= 0.3 is 0 Å². The molecule has 19 heavy (non-hydrogen) atoms. The number of aryl methyl sites for hydroxylation is 2. The van der Waals surface area contributed by atoms with Crippen LogP contribution in [0, 0.1) is 0 Å². The van der Waals surface area contributed by atoms with Crippen molar-refractivity contribution in [2.24, 2.45) is 0 Å². The second-order valence-electron chi connectivity index (χ2n) is 4.87. The zero-order valence-corrected chi connectivity index (χ0v) is 11.0. The second kappa shape index (κ2) is 4.92. The molecule has 0 radical (unpaired) electrons. The molecule has 2 aromatic heterocycles. The first kappa shape index (κ1) is 12.0. The fourth-order valence-corrected chi connectivity index (χ4v) is 2.78. The van der Waals surface area contributed by atoms with E-state index in [0.717, 1.165) is 30.5 Å². The number of fused-ring (bicyclic) bond motifs is 1. The first-order chi connectivity index (χ1) is 9.31. The Hall–Kier alpha value is -2.03. The zero-order chi connectivity index (χ0) is 13.2. The smallest absolute Gasteiger partial charge is 0.190 e. The van der Waals surface area contributed by atoms with Gasteiger partial charge in [0.05, 0.1) is 11.6 Å². The molecular formula is C16H16N2O. The maximum atomic E-state index is 12.7. The molecule has 3 rings (SSSR count). The van der Waals surface area contributed by atoms with E-state index < -0.39 is 0 Å². The molecule has 1 aliphatic carbocycles. The Bertz CT molecular complexity index is 622. The minimum atomic E-state index is -0.114. The first-order valence-corrected chi connectivity index (χ1v) is 6.73. The van der Waals surface area contributed by atoms with Crippen LogP contribution in [-0.4, -0.2) is 15.8 Å². The monoisotopic (exact) mass is 252 g/mol. The lowest BCUT2D eigenvalue weighted by molar-refractivity contribution is 0.0952. The predicted molar refractivity (Wildman–Crippen MR) is 73.2 cm³/mol. The van der Waals surface area contributed by atoms with Gasteiger partial charge in [-0.3, -0.25) is 14.8 Å². The molecule has 0 spiro atoms. The second-order valence-corrected chi connectivity index (χ2v) is 4.87. The molecule has 0 N–H and O–H groups in total. The average Bonchev–Trinajstić information content (AvgIpc) is 2.90. The summed E-state index contributed by atoms with van der Waals surface area (Å²) < 4.78 is 0. The van der Waals surface area contributed by atoms with Crippen LogP contribution in [0.3, 0.4) is 0 Å². The van der Waals surface area contributed by atoms with Gasteiger partial charge in [-0.15, -0.1) is 0 Å². The number of aromatic nitrogens is 2. The molecule has 1 unspecified atom stereocenters. The van der Waals surface area contributed by atoms with Crippen LogP contribution in [0.2, 0.25) is 0 Å². The third kappa shape index (κ3) is 2.05. The number of rotatable bonds is 3. The first-order valence-electron chi connectivity index (χ1n) is 6.73. The highest BCUT2D eigenvalue weighted by Gasteiger charge is 2.31. The van der Waals surface area contributed by atoms with Gasteiger partial charge in [0.25, 0.3) is 0 Å². The van der Waals surface area contributed by atoms with Crippen molar-refractivity contribution in [1.82, 2.24) is 9.97 Å². The fourth-order valence-electron chi connectivity index (χ4n) is 2.78. The molecule has 96 valence electrons. The van der Waals surface area contributed by atoms with Gasteiger partial charge in [0.2, 0.25) is 0 Å². The number of Topliss-reactive ketones (excluding diaryl/α,β-unsaturated/α-hetero) is 1. The van der Waals surface area contributed by atoms with E-state index >= 15 is 0 Å². The highest BCUT2D eigenvalue weighted by Crippen LogP contribution is 2.33. The van der Waals surface area contributed by atoms with E-state index in [1.54, 1.807) is 12.4 Å². The third-order valence-electron chi connectivity index (χ3n) is 3.78. The molecule has 0 saturated heterocycles. The van der Waals surface area contributed by atoms with Crippen LogP contribution in [-0.2, 0) is 12.8 Å². The normalized spacial score (nSPS) is 17.2. The predicted octanol–water partition coefficient (Wildman–Crippen LogP) is 2.95. The Labute approximate surface area is 112 Å². The Morgan fingerprint density at radius 2 is 2.05 bits per heavy atom. The molecule has 0 aromatic carbocycles. The summed E-state index contributed by atoms with van der Waals surface area (Å²) in [4.78, 5) is 21.4. The Morgan fingerprint density at radius 3 is 2.89 bits per heavy atom. The van der Waals surface area contributed by atoms with Crippen LogP contribution in [0.25, 0.3) is 0 Å². The van der Waals surface area contributed by atoms with Crippen LogP contribution in [0.15, 0.2) is 36.7 Å². The molecule has 0 amide bonds. The number of hydrogen-bond acceptors (Lipinski definition) is 3. The van der Waals surface area contributed by atoms with Crippen LogP contribution < -0.4 is 0 Å². The van der Waals surface area contributed by atoms with Crippen molar-refractivity contribution in [3.05, 3.63) is 59.2 Å². The van der Waals surface area contributed by atoms with E-state index in [1.807, 2.05) is 18.2 Å². The van der Waals surface area contributed by atoms with Crippen molar-refractivity contribution < 1.29 is 4.79 Å². The van der Waals surface area contributed by atoms with Gasteiger partial charge < -0.3 is 0 Å². The molecule has 1 aliphatic rings. The molecular weight excluding hydrogens is 236 g/mol. The standard InChI is InChI=1S/C16H16N2O/c1-2-11-5-3-10-18-15(11)16(19)13-8-7-12-6-4-9-17-14(12)13/h3-6,9-10,13H,2,7-8H2,1H3. The van der Waals surface area contributed by atoms with Gasteiger partial charge in [-0.2, -0.15) is 0 Å². The number of hydrogen-bond donors (Lipinski definition) is 0. The molecule has 0 bridgehead atoms. The SMILES string of the molecule is CCc1cccnc1C(=O)C1CCc2cccnc21. The van der Waals surface area contributed by atoms with E-state index in [9.17, 15) is 4.79 Å². The maximum Gasteiger partial charge on any atom is 0.190 e. The number of nitrogens with zero attached hydrogens (tertiary/aromatic N) is 2. The number of carbonyl (C=O) groups is 1. The molecule has 1 atom stereocenters. The summed E-state index contributed by atoms with van der Waals surface area (Å²) >= 11 is 0. The zero-order valence-electron chi connectivity index (χ0n) is 11.0. The summed E-state index contributed by atoms with van der Waals surface area (Å²) in [7, 11) is 0. The third-order valence-corrected chi connectivity index (χ3v) is 3.78. The fraction of sp³-hybridized carbons (Fsp3) is 0.312. The maximum absolute atomic E-state index is 12.7. The number of carbonyl (C=O) groups excluding carboxylic acids is 1. The lowest BCUT2D eigenvalue weighted by Gasteiger charge is -2.11. The number of pyridine rings is 2. The summed E-state index contributed by atoms with van der Waals surface area (Å²) in [5.74, 6) is 0.00583. The minimum Gasteiger partial charge on any atom is -0.292 e. The quantitative estimate of drug-likeness (QED) is 0.789. The lowest BCUT2D eigenvalue weighted by atomic mass is 9.95. The lowest BCUT2D eigenvalue weighted by Crippen LogP contribution is -2.15. The molecule has 2 heterocycles. The van der Waals surface area contributed by atoms with Gasteiger partial charge in [0.15, 0.2) is 5.78 Å². The largest absolute Gasteiger partial charge is 0.292 e. The molecule has 2 aromatic rings. The van der Waals surface area contributed by atoms with Gasteiger partial charge in [-0.1, -0.05) is 19.1 Å². The van der Waals surface area contributed by atoms with Crippen LogP contribution in [0.1, 0.15) is 46.6 Å². The van der Waals surface area contributed by atoms with Crippen molar-refractivity contribution in [1.29, 1.82) is 0 Å². The Kier molecular flexibility index (Phi) is 3.11. The molecule has 0 aliphatic heterocycles. The van der Waals surface area contributed by atoms with Crippen molar-refractivity contribution in [2.75, 3.05) is 0 Å². The van der Waals surface area contributed by atoms with Crippen LogP contribution in [0.5, 0.6) is 0 Å². The molecule has 3 heteroatoms. The summed E-state index contributed by atoms with van der Waals surface area (Å²) in [6, 6.07) is 7.86. The Balaban J connectivity index is 1.98. The van der Waals surface area contributed by atoms with Gasteiger partial charge in [-0.05, 0) is 42.5 Å². The van der Waals surface area contributed by atoms with Gasteiger partial charge in [-0.25, -0.2) is 0 Å². The molecule has 0 saturated carbocycles. The summed E-state index contributed by atoms with van der Waals surface area (Å²) in [5.41, 5.74) is 3.79. The van der Waals surface area contributed by atoms with Crippen molar-refractivity contribution in [3.8, 4) is 0 Å². The highest BCUT2D eigenvalue weighted by molar-refractivity contribution is 6.00. The van der Waals surface area contributed by atoms with E-state index in [4.69, 9.17) is 0 Å². The van der Waals surface area contributed by atoms with E-state index in [1.165, 1.54) is 5.56 Å². The van der Waals surface area contributed by atoms with Gasteiger partial charge in [0, 0.05) is 12.4 Å². The van der Waals surface area contributed by atoms with E-state index in [0.29, 0.717) is 5.69 Å². The highest BCUT2D eigenvalue weighted by atomic mass is 16.1. The minimum absolute atomic E-state index is 0.114. The summed E-state index contributed by atoms with van der Waals surface area (Å²) in [6.07, 6.45) is 6.08. The summed E-state index contributed by atoms with van der Waals surface area (Å²) in [5, 5.41) is 0. The van der Waals surface area contributed by atoms with E-state index in [-0.39, 0.29) is 11.7 Å². The van der Waals surface area contributed by atoms with Crippen LogP contribution >= 0.6 is 0 Å². The molecule has 0 fully saturated rings.